The average molecular weight is 203 g/mol. The molecule has 1 heteroatoms. The van der Waals surface area contributed by atoms with Gasteiger partial charge >= 0.3 is 0 Å². The predicted octanol–water partition coefficient (Wildman–Crippen LogP) is 3.45. The van der Waals surface area contributed by atoms with Gasteiger partial charge in [-0.2, -0.15) is 0 Å². The first-order chi connectivity index (χ1) is 7.25. The third-order valence-electron chi connectivity index (χ3n) is 3.24. The number of rotatable bonds is 5. The Morgan fingerprint density at radius 1 is 1.40 bits per heavy atom. The second-order valence-corrected chi connectivity index (χ2v) is 4.82. The van der Waals surface area contributed by atoms with Crippen molar-refractivity contribution in [1.82, 2.24) is 5.32 Å². The molecule has 1 aromatic carbocycles. The van der Waals surface area contributed by atoms with Crippen LogP contribution < -0.4 is 5.32 Å². The van der Waals surface area contributed by atoms with E-state index in [2.05, 4.69) is 43.4 Å². The van der Waals surface area contributed by atoms with Gasteiger partial charge in [0.15, 0.2) is 0 Å². The van der Waals surface area contributed by atoms with Crippen LogP contribution in [-0.4, -0.2) is 6.54 Å². The lowest BCUT2D eigenvalue weighted by atomic mass is 10.1. The maximum Gasteiger partial charge on any atom is 0.0291 e. The van der Waals surface area contributed by atoms with Crippen molar-refractivity contribution in [3.63, 3.8) is 0 Å². The van der Waals surface area contributed by atoms with Crippen molar-refractivity contribution in [3.8, 4) is 0 Å². The van der Waals surface area contributed by atoms with Crippen LogP contribution in [0.3, 0.4) is 0 Å². The van der Waals surface area contributed by atoms with Gasteiger partial charge in [-0.3, -0.25) is 0 Å². The molecule has 2 rings (SSSR count). The lowest BCUT2D eigenvalue weighted by molar-refractivity contribution is 0.539. The average Bonchev–Trinajstić information content (AvgIpc) is 3.01. The molecule has 1 fully saturated rings. The third-order valence-corrected chi connectivity index (χ3v) is 3.24. The molecule has 0 aliphatic heterocycles. The molecule has 1 aliphatic rings. The van der Waals surface area contributed by atoms with Crippen LogP contribution in [0.1, 0.15) is 43.4 Å². The smallest absolute Gasteiger partial charge is 0.0291 e. The minimum absolute atomic E-state index is 0.489. The lowest BCUT2D eigenvalue weighted by Gasteiger charge is -2.14. The van der Waals surface area contributed by atoms with Crippen LogP contribution in [0, 0.1) is 12.8 Å². The maximum absolute atomic E-state index is 3.60. The van der Waals surface area contributed by atoms with E-state index in [0.29, 0.717) is 6.04 Å². The predicted molar refractivity (Wildman–Crippen MR) is 64.9 cm³/mol. The lowest BCUT2D eigenvalue weighted by Crippen LogP contribution is -2.20. The standard InChI is InChI=1S/C14H21N/c1-11-4-3-5-14(10-11)12(2)15-9-8-13-6-7-13/h3-5,10,12-13,15H,6-9H2,1-2H3/t12-/m1/s1. The highest BCUT2D eigenvalue weighted by Crippen LogP contribution is 2.31. The zero-order valence-electron chi connectivity index (χ0n) is 9.79. The maximum atomic E-state index is 3.60. The number of aryl methyl sites for hydroxylation is 1. The number of hydrogen-bond donors (Lipinski definition) is 1. The van der Waals surface area contributed by atoms with Crippen LogP contribution in [0.25, 0.3) is 0 Å². The first-order valence-electron chi connectivity index (χ1n) is 6.05. The zero-order chi connectivity index (χ0) is 10.7. The molecule has 1 aliphatic carbocycles. The summed E-state index contributed by atoms with van der Waals surface area (Å²) in [4.78, 5) is 0. The summed E-state index contributed by atoms with van der Waals surface area (Å²) in [5.41, 5.74) is 2.76. The molecular weight excluding hydrogens is 182 g/mol. The molecule has 0 unspecified atom stereocenters. The molecule has 1 nitrogen and oxygen atoms in total. The molecule has 1 saturated carbocycles. The van der Waals surface area contributed by atoms with Crippen molar-refractivity contribution in [3.05, 3.63) is 35.4 Å². The van der Waals surface area contributed by atoms with E-state index in [-0.39, 0.29) is 0 Å². The number of hydrogen-bond acceptors (Lipinski definition) is 1. The largest absolute Gasteiger partial charge is 0.310 e. The van der Waals surface area contributed by atoms with Gasteiger partial charge in [-0.1, -0.05) is 42.7 Å². The summed E-state index contributed by atoms with van der Waals surface area (Å²) in [6.07, 6.45) is 4.27. The van der Waals surface area contributed by atoms with Crippen LogP contribution in [0.15, 0.2) is 24.3 Å². The summed E-state index contributed by atoms with van der Waals surface area (Å²) in [5, 5.41) is 3.60. The minimum atomic E-state index is 0.489. The van der Waals surface area contributed by atoms with Crippen molar-refractivity contribution in [2.75, 3.05) is 6.54 Å². The molecular formula is C14H21N. The van der Waals surface area contributed by atoms with Crippen LogP contribution >= 0.6 is 0 Å². The van der Waals surface area contributed by atoms with Gasteiger partial charge in [0, 0.05) is 6.04 Å². The molecule has 0 amide bonds. The van der Waals surface area contributed by atoms with E-state index in [4.69, 9.17) is 0 Å². The Kier molecular flexibility index (Phi) is 3.42. The summed E-state index contributed by atoms with van der Waals surface area (Å²) in [5.74, 6) is 1.03. The Balaban J connectivity index is 1.80. The zero-order valence-corrected chi connectivity index (χ0v) is 9.79. The van der Waals surface area contributed by atoms with Crippen LogP contribution in [0.2, 0.25) is 0 Å². The highest BCUT2D eigenvalue weighted by Gasteiger charge is 2.20. The van der Waals surface area contributed by atoms with Gasteiger partial charge < -0.3 is 5.32 Å². The van der Waals surface area contributed by atoms with E-state index in [0.717, 1.165) is 5.92 Å². The molecule has 0 aromatic heterocycles. The molecule has 1 atom stereocenters. The first kappa shape index (κ1) is 10.7. The molecule has 0 bridgehead atoms. The summed E-state index contributed by atoms with van der Waals surface area (Å²) in [7, 11) is 0. The molecule has 1 aromatic rings. The molecule has 82 valence electrons. The summed E-state index contributed by atoms with van der Waals surface area (Å²) in [6.45, 7) is 5.57. The van der Waals surface area contributed by atoms with Gasteiger partial charge in [0.25, 0.3) is 0 Å². The molecule has 0 saturated heterocycles. The third kappa shape index (κ3) is 3.35. The Morgan fingerprint density at radius 2 is 2.20 bits per heavy atom. The van der Waals surface area contributed by atoms with Crippen molar-refractivity contribution < 1.29 is 0 Å². The van der Waals surface area contributed by atoms with Crippen molar-refractivity contribution in [2.45, 2.75) is 39.2 Å². The van der Waals surface area contributed by atoms with Crippen molar-refractivity contribution in [1.29, 1.82) is 0 Å². The van der Waals surface area contributed by atoms with E-state index >= 15 is 0 Å². The van der Waals surface area contributed by atoms with Gasteiger partial charge in [-0.25, -0.2) is 0 Å². The fourth-order valence-electron chi connectivity index (χ4n) is 1.97. The fraction of sp³-hybridized carbons (Fsp3) is 0.571. The van der Waals surface area contributed by atoms with E-state index < -0.39 is 0 Å². The Hall–Kier alpha value is -0.820. The van der Waals surface area contributed by atoms with E-state index in [1.807, 2.05) is 0 Å². The van der Waals surface area contributed by atoms with Gasteiger partial charge in [0.1, 0.15) is 0 Å². The normalized spacial score (nSPS) is 17.7. The molecule has 0 spiro atoms. The molecule has 1 N–H and O–H groups in total. The summed E-state index contributed by atoms with van der Waals surface area (Å²) < 4.78 is 0. The highest BCUT2D eigenvalue weighted by atomic mass is 14.9. The Morgan fingerprint density at radius 3 is 2.87 bits per heavy atom. The van der Waals surface area contributed by atoms with Crippen LogP contribution in [0.5, 0.6) is 0 Å². The summed E-state index contributed by atoms with van der Waals surface area (Å²) in [6, 6.07) is 9.27. The van der Waals surface area contributed by atoms with Crippen LogP contribution in [0.4, 0.5) is 0 Å². The monoisotopic (exact) mass is 203 g/mol. The highest BCUT2D eigenvalue weighted by molar-refractivity contribution is 5.24. The number of benzene rings is 1. The Bertz CT molecular complexity index is 315. The van der Waals surface area contributed by atoms with Crippen LogP contribution in [-0.2, 0) is 0 Å². The quantitative estimate of drug-likeness (QED) is 0.773. The van der Waals surface area contributed by atoms with E-state index in [9.17, 15) is 0 Å². The second kappa shape index (κ2) is 4.80. The van der Waals surface area contributed by atoms with Crippen molar-refractivity contribution in [2.24, 2.45) is 5.92 Å². The van der Waals surface area contributed by atoms with E-state index in [1.165, 1.54) is 36.9 Å². The fourth-order valence-corrected chi connectivity index (χ4v) is 1.97. The molecule has 15 heavy (non-hydrogen) atoms. The Labute approximate surface area is 92.9 Å². The topological polar surface area (TPSA) is 12.0 Å². The minimum Gasteiger partial charge on any atom is -0.310 e. The first-order valence-corrected chi connectivity index (χ1v) is 6.05. The van der Waals surface area contributed by atoms with Gasteiger partial charge in [-0.15, -0.1) is 0 Å². The van der Waals surface area contributed by atoms with Gasteiger partial charge in [0.05, 0.1) is 0 Å². The summed E-state index contributed by atoms with van der Waals surface area (Å²) >= 11 is 0. The molecule has 0 heterocycles. The van der Waals surface area contributed by atoms with Gasteiger partial charge in [0.2, 0.25) is 0 Å². The SMILES string of the molecule is Cc1cccc([C@@H](C)NCCC2CC2)c1. The van der Waals surface area contributed by atoms with Crippen molar-refractivity contribution >= 4 is 0 Å². The van der Waals surface area contributed by atoms with E-state index in [1.54, 1.807) is 0 Å². The molecule has 0 radical (unpaired) electrons. The number of nitrogens with one attached hydrogen (secondary N) is 1. The van der Waals surface area contributed by atoms with Gasteiger partial charge in [-0.05, 0) is 38.3 Å². The second-order valence-electron chi connectivity index (χ2n) is 4.82.